The number of benzene rings is 2. The summed E-state index contributed by atoms with van der Waals surface area (Å²) < 4.78 is 37.8. The Morgan fingerprint density at radius 2 is 1.97 bits per heavy atom. The highest BCUT2D eigenvalue weighted by Gasteiger charge is 2.39. The van der Waals surface area contributed by atoms with Crippen molar-refractivity contribution in [3.63, 3.8) is 0 Å². The third-order valence-corrected chi connectivity index (χ3v) is 6.25. The van der Waals surface area contributed by atoms with Crippen molar-refractivity contribution in [2.45, 2.75) is 32.8 Å². The van der Waals surface area contributed by atoms with E-state index in [2.05, 4.69) is 32.6 Å². The number of pyridine rings is 1. The highest BCUT2D eigenvalue weighted by Crippen LogP contribution is 2.37. The number of nitrogens with zero attached hydrogens (tertiary/aromatic N) is 3. The van der Waals surface area contributed by atoms with Crippen LogP contribution in [0.1, 0.15) is 39.3 Å². The van der Waals surface area contributed by atoms with E-state index in [0.717, 1.165) is 6.20 Å². The number of hydrogen-bond donors (Lipinski definition) is 5. The molecule has 0 aliphatic carbocycles. The molecule has 38 heavy (non-hydrogen) atoms. The highest BCUT2D eigenvalue weighted by atomic mass is 35.5. The number of alkyl halides is 2. The van der Waals surface area contributed by atoms with E-state index in [-0.39, 0.29) is 26.7 Å². The molecule has 1 atom stereocenters. The summed E-state index contributed by atoms with van der Waals surface area (Å²) in [7, 11) is 0. The Bertz CT molecular complexity index is 1480. The van der Waals surface area contributed by atoms with Gasteiger partial charge in [-0.25, -0.2) is 5.01 Å². The summed E-state index contributed by atoms with van der Waals surface area (Å²) in [6.45, 7) is 5.25. The van der Waals surface area contributed by atoms with Crippen LogP contribution in [0, 0.1) is 16.7 Å². The highest BCUT2D eigenvalue weighted by molar-refractivity contribution is 6.36. The summed E-state index contributed by atoms with van der Waals surface area (Å²) in [4.78, 5) is 4.35. The molecule has 2 heterocycles. The number of hydrogen-bond acceptors (Lipinski definition) is 8. The number of fused-ring (bicyclic) bond motifs is 1. The lowest BCUT2D eigenvalue weighted by Crippen LogP contribution is -2.49. The van der Waals surface area contributed by atoms with Crippen LogP contribution in [0.3, 0.4) is 0 Å². The van der Waals surface area contributed by atoms with E-state index in [1.54, 1.807) is 36.4 Å². The Kier molecular flexibility index (Phi) is 7.45. The molecule has 0 fully saturated rings. The molecule has 12 heteroatoms. The Labute approximate surface area is 230 Å². The van der Waals surface area contributed by atoms with E-state index in [4.69, 9.17) is 28.3 Å². The van der Waals surface area contributed by atoms with Crippen molar-refractivity contribution in [3.8, 4) is 6.07 Å². The minimum atomic E-state index is -3.64. The lowest BCUT2D eigenvalue weighted by molar-refractivity contribution is -0.171. The molecule has 2 aromatic carbocycles. The van der Waals surface area contributed by atoms with Gasteiger partial charge in [0.2, 0.25) is 0 Å². The summed E-state index contributed by atoms with van der Waals surface area (Å²) in [5.41, 5.74) is 6.62. The number of rotatable bonds is 8. The molecule has 1 aliphatic heterocycles. The maximum atomic E-state index is 14.2. The molecule has 1 aromatic heterocycles. The van der Waals surface area contributed by atoms with Gasteiger partial charge < -0.3 is 21.2 Å². The van der Waals surface area contributed by atoms with E-state index in [0.29, 0.717) is 39.4 Å². The van der Waals surface area contributed by atoms with Crippen molar-refractivity contribution in [3.05, 3.63) is 75.7 Å². The first-order chi connectivity index (χ1) is 18.3. The van der Waals surface area contributed by atoms with E-state index >= 15 is 0 Å². The molecule has 0 radical (unpaired) electrons. The van der Waals surface area contributed by atoms with Crippen LogP contribution in [0.5, 0.6) is 0 Å². The summed E-state index contributed by atoms with van der Waals surface area (Å²) in [6.07, 6.45) is 2.42. The van der Waals surface area contributed by atoms with Gasteiger partial charge in [-0.15, -0.1) is 5.53 Å². The number of aliphatic hydroxyl groups is 1. The number of aliphatic hydroxyl groups excluding tert-OH is 1. The molecule has 5 N–H and O–H groups in total. The predicted octanol–water partition coefficient (Wildman–Crippen LogP) is 5.78. The summed E-state index contributed by atoms with van der Waals surface area (Å²) in [5.74, 6) is 0. The number of anilines is 2. The maximum Gasteiger partial charge on any atom is 0.362 e. The third-order valence-electron chi connectivity index (χ3n) is 5.63. The van der Waals surface area contributed by atoms with Crippen LogP contribution in [0.4, 0.5) is 20.2 Å². The van der Waals surface area contributed by atoms with Crippen molar-refractivity contribution >= 4 is 45.5 Å². The molecule has 0 saturated carbocycles. The largest absolute Gasteiger partial charge is 0.388 e. The lowest BCUT2D eigenvalue weighted by atomic mass is 9.96. The fourth-order valence-electron chi connectivity index (χ4n) is 3.74. The first-order valence-electron chi connectivity index (χ1n) is 12.1. The van der Waals surface area contributed by atoms with Gasteiger partial charge in [-0.2, -0.15) is 14.0 Å². The molecule has 200 valence electrons. The van der Waals surface area contributed by atoms with Crippen LogP contribution in [-0.2, 0) is 0 Å². The minimum absolute atomic E-state index is 0.0325. The van der Waals surface area contributed by atoms with Crippen LogP contribution in [0.15, 0.2) is 54.5 Å². The van der Waals surface area contributed by atoms with Crippen LogP contribution < -0.4 is 21.6 Å². The molecular formula is C26H27Cl2F2N7O. The Morgan fingerprint density at radius 3 is 2.63 bits per heavy atom. The summed E-state index contributed by atoms with van der Waals surface area (Å²) in [5, 5.41) is 26.6. The average Bonchev–Trinajstić information content (AvgIpc) is 3.39. The molecule has 0 spiro atoms. The maximum absolute atomic E-state index is 14.2. The molecule has 3 aromatic rings. The fourth-order valence-corrected chi connectivity index (χ4v) is 4.24. The quantitative estimate of drug-likeness (QED) is 0.220. The Morgan fingerprint density at radius 1 is 1.24 bits per heavy atom. The normalized spacial score (nSPS) is 15.8. The van der Waals surface area contributed by atoms with E-state index < -0.39 is 18.7 Å². The zero-order valence-corrected chi connectivity index (χ0v) is 22.3. The molecule has 0 bridgehead atoms. The minimum Gasteiger partial charge on any atom is -0.388 e. The smallest absolute Gasteiger partial charge is 0.362 e. The van der Waals surface area contributed by atoms with Crippen molar-refractivity contribution in [1.29, 1.82) is 5.26 Å². The van der Waals surface area contributed by atoms with Gasteiger partial charge in [0.05, 0.1) is 34.9 Å². The second-order valence-corrected chi connectivity index (χ2v) is 10.7. The number of aromatic nitrogens is 1. The van der Waals surface area contributed by atoms with E-state index in [1.165, 1.54) is 6.20 Å². The SMILES string of the molecule is [2H][C@](Nc1cc(Cl)c2ncc(C#N)c(NCC(C)(C)C)c2c1)(C1=CN(C(F)(F)CO)NN1)c1ccccc1Cl. The molecule has 4 rings (SSSR count). The third kappa shape index (κ3) is 5.87. The first-order valence-corrected chi connectivity index (χ1v) is 12.4. The topological polar surface area (TPSA) is 108 Å². The van der Waals surface area contributed by atoms with Crippen LogP contribution in [0.2, 0.25) is 10.0 Å². The van der Waals surface area contributed by atoms with Gasteiger partial charge in [-0.1, -0.05) is 62.2 Å². The predicted molar refractivity (Wildman–Crippen MR) is 145 cm³/mol. The molecule has 8 nitrogen and oxygen atoms in total. The first kappa shape index (κ1) is 26.3. The fraction of sp³-hybridized carbons (Fsp3) is 0.308. The number of nitriles is 1. The van der Waals surface area contributed by atoms with Gasteiger partial charge in [-0.05, 0) is 29.2 Å². The number of halogens is 4. The standard InChI is InChI=1S/C26H27Cl2F2N7O/c1-25(2,3)13-33-22-15(10-31)11-32-23-18(22)8-16(9-20(23)28)34-24(17-6-4-5-7-19(17)27)21-12-37(36-35-21)26(29,30)14-38/h4-9,11-12,24,34-36,38H,13-14H2,1-3H3,(H,32,33)/t24-/m1/s1/i24D. The van der Waals surface area contributed by atoms with Gasteiger partial charge >= 0.3 is 6.05 Å². The van der Waals surface area contributed by atoms with Crippen molar-refractivity contribution in [1.82, 2.24) is 21.0 Å². The van der Waals surface area contributed by atoms with Gasteiger partial charge in [-0.3, -0.25) is 4.98 Å². The zero-order valence-electron chi connectivity index (χ0n) is 21.8. The van der Waals surface area contributed by atoms with Gasteiger partial charge in [0.25, 0.3) is 0 Å². The molecule has 0 amide bonds. The number of nitrogens with one attached hydrogen (secondary N) is 4. The van der Waals surface area contributed by atoms with Gasteiger partial charge in [0.1, 0.15) is 12.7 Å². The average molecular weight is 563 g/mol. The molecule has 0 unspecified atom stereocenters. The Hall–Kier alpha value is -3.36. The monoisotopic (exact) mass is 562 g/mol. The Balaban J connectivity index is 1.86. The van der Waals surface area contributed by atoms with Crippen molar-refractivity contribution in [2.24, 2.45) is 5.41 Å². The van der Waals surface area contributed by atoms with Gasteiger partial charge in [0, 0.05) is 35.0 Å². The van der Waals surface area contributed by atoms with E-state index in [1.807, 2.05) is 20.8 Å². The number of hydrazine groups is 2. The van der Waals surface area contributed by atoms with Crippen molar-refractivity contribution < 1.29 is 15.3 Å². The molecular weight excluding hydrogens is 535 g/mol. The lowest BCUT2D eigenvalue weighted by Gasteiger charge is -2.24. The molecule has 0 saturated heterocycles. The second-order valence-electron chi connectivity index (χ2n) is 9.88. The zero-order chi connectivity index (χ0) is 28.6. The van der Waals surface area contributed by atoms with Crippen LogP contribution >= 0.6 is 23.2 Å². The van der Waals surface area contributed by atoms with Crippen LogP contribution in [0.25, 0.3) is 10.9 Å². The van der Waals surface area contributed by atoms with Crippen LogP contribution in [-0.4, -0.2) is 34.3 Å². The summed E-state index contributed by atoms with van der Waals surface area (Å²) >= 11 is 13.1. The van der Waals surface area contributed by atoms with Gasteiger partial charge in [0.15, 0.2) is 0 Å². The molecule has 1 aliphatic rings. The van der Waals surface area contributed by atoms with Crippen molar-refractivity contribution in [2.75, 3.05) is 23.8 Å². The second kappa shape index (κ2) is 10.8. The van der Waals surface area contributed by atoms with E-state index in [9.17, 15) is 15.4 Å². The summed E-state index contributed by atoms with van der Waals surface area (Å²) in [6, 6.07) is 6.33.